The number of ether oxygens (including phenoxy) is 2. The van der Waals surface area contributed by atoms with Gasteiger partial charge in [-0.15, -0.1) is 0 Å². The fourth-order valence-corrected chi connectivity index (χ4v) is 6.34. The Balaban J connectivity index is 1.46. The normalized spacial score (nSPS) is 15.1. The summed E-state index contributed by atoms with van der Waals surface area (Å²) in [5, 5.41) is 11.5. The van der Waals surface area contributed by atoms with Gasteiger partial charge in [-0.1, -0.05) is 53.8 Å². The van der Waals surface area contributed by atoms with Gasteiger partial charge in [-0.2, -0.15) is 0 Å². The molecule has 1 amide bonds. The minimum atomic E-state index is -0.987. The Labute approximate surface area is 246 Å². The second-order valence-corrected chi connectivity index (χ2v) is 11.0. The van der Waals surface area contributed by atoms with Crippen molar-refractivity contribution in [1.82, 2.24) is 4.98 Å². The number of carbonyl (C=O) groups is 2. The lowest BCUT2D eigenvalue weighted by Crippen LogP contribution is -2.31. The van der Waals surface area contributed by atoms with E-state index in [2.05, 4.69) is 0 Å². The Morgan fingerprint density at radius 1 is 1.02 bits per heavy atom. The van der Waals surface area contributed by atoms with Crippen molar-refractivity contribution in [2.45, 2.75) is 33.4 Å². The summed E-state index contributed by atoms with van der Waals surface area (Å²) in [4.78, 5) is 33.5. The molecule has 9 heteroatoms. The predicted octanol–water partition coefficient (Wildman–Crippen LogP) is 7.27. The lowest BCUT2D eigenvalue weighted by molar-refractivity contribution is -0.117. The van der Waals surface area contributed by atoms with Crippen LogP contribution < -0.4 is 14.4 Å². The smallest absolute Gasteiger partial charge is 0.296 e. The van der Waals surface area contributed by atoms with Gasteiger partial charge < -0.3 is 19.0 Å². The van der Waals surface area contributed by atoms with Gasteiger partial charge in [0.25, 0.3) is 5.91 Å². The SMILES string of the molecule is CCOc1cc(C2C(C(=O)c3ccco3)=C(O)C(=O)N2c2nc3c(C)cc(C)cc3s2)ccc1OCc1ccccc1. The number of hydrogen-bond donors (Lipinski definition) is 1. The number of fused-ring (bicyclic) bond motifs is 1. The third kappa shape index (κ3) is 4.92. The molecule has 212 valence electrons. The molecule has 3 heterocycles. The highest BCUT2D eigenvalue weighted by Gasteiger charge is 2.46. The van der Waals surface area contributed by atoms with E-state index in [0.717, 1.165) is 26.9 Å². The molecular formula is C33H28N2O6S. The van der Waals surface area contributed by atoms with Crippen molar-refractivity contribution in [1.29, 1.82) is 0 Å². The van der Waals surface area contributed by atoms with Crippen molar-refractivity contribution >= 4 is 38.4 Å². The molecule has 0 saturated carbocycles. The monoisotopic (exact) mass is 580 g/mol. The summed E-state index contributed by atoms with van der Waals surface area (Å²) in [7, 11) is 0. The number of amides is 1. The molecule has 0 saturated heterocycles. The van der Waals surface area contributed by atoms with E-state index in [4.69, 9.17) is 18.9 Å². The van der Waals surface area contributed by atoms with Crippen LogP contribution in [-0.2, 0) is 11.4 Å². The molecule has 0 spiro atoms. The summed E-state index contributed by atoms with van der Waals surface area (Å²) in [5.74, 6) is -0.973. The van der Waals surface area contributed by atoms with Crippen LogP contribution in [0.5, 0.6) is 11.5 Å². The highest BCUT2D eigenvalue weighted by atomic mass is 32.1. The van der Waals surface area contributed by atoms with Gasteiger partial charge in [-0.3, -0.25) is 14.5 Å². The topological polar surface area (TPSA) is 102 Å². The highest BCUT2D eigenvalue weighted by Crippen LogP contribution is 2.46. The summed E-state index contributed by atoms with van der Waals surface area (Å²) in [5.41, 5.74) is 4.25. The number of thiazole rings is 1. The Morgan fingerprint density at radius 2 is 1.83 bits per heavy atom. The van der Waals surface area contributed by atoms with Crippen LogP contribution >= 0.6 is 11.3 Å². The number of benzene rings is 3. The van der Waals surface area contributed by atoms with Gasteiger partial charge in [0.15, 0.2) is 28.1 Å². The molecule has 1 atom stereocenters. The second kappa shape index (κ2) is 11.2. The summed E-state index contributed by atoms with van der Waals surface area (Å²) in [6.45, 7) is 6.53. The number of rotatable bonds is 9. The van der Waals surface area contributed by atoms with Gasteiger partial charge >= 0.3 is 0 Å². The number of aliphatic hydroxyl groups is 1. The van der Waals surface area contributed by atoms with Crippen LogP contribution in [0.1, 0.15) is 45.8 Å². The molecule has 6 rings (SSSR count). The van der Waals surface area contributed by atoms with E-state index in [1.807, 2.05) is 63.2 Å². The standard InChI is InChI=1S/C33H28N2O6S/c1-4-39-25-17-22(12-13-23(25)41-18-21-9-6-5-7-10-21)29-27(30(36)24-11-8-14-40-24)31(37)32(38)35(29)33-34-28-20(3)15-19(2)16-26(28)42-33/h5-17,29,37H,4,18H2,1-3H3. The van der Waals surface area contributed by atoms with Crippen LogP contribution in [-0.4, -0.2) is 28.4 Å². The minimum Gasteiger partial charge on any atom is -0.503 e. The Kier molecular flexibility index (Phi) is 7.26. The number of ketones is 1. The molecule has 0 fully saturated rings. The van der Waals surface area contributed by atoms with Gasteiger partial charge in [0.1, 0.15) is 6.61 Å². The first kappa shape index (κ1) is 27.3. The zero-order valence-electron chi connectivity index (χ0n) is 23.3. The van der Waals surface area contributed by atoms with Crippen molar-refractivity contribution in [3.05, 3.63) is 118 Å². The number of hydrogen-bond acceptors (Lipinski definition) is 8. The maximum Gasteiger partial charge on any atom is 0.296 e. The molecule has 3 aromatic carbocycles. The molecule has 1 aliphatic rings. The quantitative estimate of drug-likeness (QED) is 0.183. The minimum absolute atomic E-state index is 0.0137. The molecule has 1 aliphatic heterocycles. The lowest BCUT2D eigenvalue weighted by Gasteiger charge is -2.25. The second-order valence-electron chi connectivity index (χ2n) is 9.98. The van der Waals surface area contributed by atoms with Crippen molar-refractivity contribution < 1.29 is 28.6 Å². The van der Waals surface area contributed by atoms with E-state index in [-0.39, 0.29) is 11.3 Å². The van der Waals surface area contributed by atoms with Gasteiger partial charge in [-0.25, -0.2) is 4.98 Å². The fraction of sp³-hybridized carbons (Fsp3) is 0.182. The van der Waals surface area contributed by atoms with Crippen LogP contribution in [0.3, 0.4) is 0 Å². The number of carbonyl (C=O) groups excluding carboxylic acids is 2. The van der Waals surface area contributed by atoms with E-state index >= 15 is 0 Å². The summed E-state index contributed by atoms with van der Waals surface area (Å²) in [6, 6.07) is 21.2. The van der Waals surface area contributed by atoms with E-state index in [1.165, 1.54) is 28.6 Å². The average Bonchev–Trinajstić information content (AvgIpc) is 3.72. The van der Waals surface area contributed by atoms with E-state index < -0.39 is 23.5 Å². The molecule has 5 aromatic rings. The molecule has 2 aromatic heterocycles. The Bertz CT molecular complexity index is 1820. The molecule has 1 N–H and O–H groups in total. The highest BCUT2D eigenvalue weighted by molar-refractivity contribution is 7.22. The van der Waals surface area contributed by atoms with Gasteiger partial charge in [0.2, 0.25) is 5.78 Å². The predicted molar refractivity (Wildman–Crippen MR) is 160 cm³/mol. The number of aromatic nitrogens is 1. The third-order valence-corrected chi connectivity index (χ3v) is 8.04. The van der Waals surface area contributed by atoms with E-state index in [0.29, 0.717) is 35.4 Å². The number of anilines is 1. The van der Waals surface area contributed by atoms with Crippen LogP contribution in [0, 0.1) is 13.8 Å². The molecule has 8 nitrogen and oxygen atoms in total. The molecular weight excluding hydrogens is 552 g/mol. The number of aryl methyl sites for hydroxylation is 2. The Hall–Kier alpha value is -4.89. The zero-order valence-corrected chi connectivity index (χ0v) is 24.1. The average molecular weight is 581 g/mol. The first-order valence-corrected chi connectivity index (χ1v) is 14.3. The molecule has 1 unspecified atom stereocenters. The summed E-state index contributed by atoms with van der Waals surface area (Å²) in [6.07, 6.45) is 1.37. The van der Waals surface area contributed by atoms with E-state index in [9.17, 15) is 14.7 Å². The largest absolute Gasteiger partial charge is 0.503 e. The van der Waals surface area contributed by atoms with Crippen LogP contribution in [0.25, 0.3) is 10.2 Å². The number of nitrogens with zero attached hydrogens (tertiary/aromatic N) is 2. The number of aliphatic hydroxyl groups excluding tert-OH is 1. The van der Waals surface area contributed by atoms with Crippen LogP contribution in [0.4, 0.5) is 5.13 Å². The summed E-state index contributed by atoms with van der Waals surface area (Å²) >= 11 is 1.33. The van der Waals surface area contributed by atoms with Crippen molar-refractivity contribution in [2.75, 3.05) is 11.5 Å². The number of Topliss-reactive ketones (excluding diaryl/α,β-unsaturated/α-hetero) is 1. The maximum absolute atomic E-state index is 13.7. The van der Waals surface area contributed by atoms with Gasteiger partial charge in [-0.05, 0) is 73.4 Å². The molecule has 42 heavy (non-hydrogen) atoms. The first-order valence-electron chi connectivity index (χ1n) is 13.5. The fourth-order valence-electron chi connectivity index (χ4n) is 5.17. The van der Waals surface area contributed by atoms with Crippen LogP contribution in [0.15, 0.2) is 94.8 Å². The lowest BCUT2D eigenvalue weighted by atomic mass is 9.95. The molecule has 0 bridgehead atoms. The molecule has 0 radical (unpaired) electrons. The Morgan fingerprint density at radius 3 is 2.57 bits per heavy atom. The third-order valence-electron chi connectivity index (χ3n) is 7.04. The van der Waals surface area contributed by atoms with Crippen molar-refractivity contribution in [3.63, 3.8) is 0 Å². The van der Waals surface area contributed by atoms with Crippen molar-refractivity contribution in [3.8, 4) is 11.5 Å². The zero-order chi connectivity index (χ0) is 29.4. The van der Waals surface area contributed by atoms with Gasteiger partial charge in [0.05, 0.1) is 34.7 Å². The van der Waals surface area contributed by atoms with Gasteiger partial charge in [0, 0.05) is 0 Å². The molecule has 0 aliphatic carbocycles. The van der Waals surface area contributed by atoms with E-state index in [1.54, 1.807) is 24.3 Å². The summed E-state index contributed by atoms with van der Waals surface area (Å²) < 4.78 is 18.3. The maximum atomic E-state index is 13.7. The first-order chi connectivity index (χ1) is 20.4. The van der Waals surface area contributed by atoms with Crippen LogP contribution in [0.2, 0.25) is 0 Å². The number of furan rings is 1. The van der Waals surface area contributed by atoms with Crippen molar-refractivity contribution in [2.24, 2.45) is 0 Å².